The second-order valence-electron chi connectivity index (χ2n) is 8.51. The van der Waals surface area contributed by atoms with Crippen molar-refractivity contribution in [1.29, 1.82) is 0 Å². The summed E-state index contributed by atoms with van der Waals surface area (Å²) in [6.45, 7) is 2.41. The number of carboxylic acids is 1. The molecule has 8 nitrogen and oxygen atoms in total. The van der Waals surface area contributed by atoms with Crippen LogP contribution in [0.5, 0.6) is 0 Å². The van der Waals surface area contributed by atoms with Gasteiger partial charge in [-0.05, 0) is 55.1 Å². The average Bonchev–Trinajstić information content (AvgIpc) is 2.90. The van der Waals surface area contributed by atoms with Gasteiger partial charge in [0.25, 0.3) is 5.91 Å². The Hall–Kier alpha value is -3.72. The summed E-state index contributed by atoms with van der Waals surface area (Å²) < 4.78 is 0. The van der Waals surface area contributed by atoms with E-state index in [0.29, 0.717) is 45.5 Å². The summed E-state index contributed by atoms with van der Waals surface area (Å²) in [7, 11) is 1.88. The predicted octanol–water partition coefficient (Wildman–Crippen LogP) is 5.45. The molecular formula is C27H25Cl2N5O3. The smallest absolute Gasteiger partial charge is 0.338 e. The van der Waals surface area contributed by atoms with Crippen molar-refractivity contribution in [1.82, 2.24) is 15.2 Å². The summed E-state index contributed by atoms with van der Waals surface area (Å²) >= 11 is 12.8. The van der Waals surface area contributed by atoms with Gasteiger partial charge >= 0.3 is 5.97 Å². The van der Waals surface area contributed by atoms with Crippen LogP contribution in [0.3, 0.4) is 0 Å². The molecule has 190 valence electrons. The van der Waals surface area contributed by atoms with Crippen LogP contribution in [0.25, 0.3) is 11.3 Å². The SMILES string of the molecule is CCC1(N(C)Cc2ccc(C(=O)Nc3ccc(Cl)c(-c4ccccn4)c3)c(Cl)c2)N=CC(C(=O)O)=CN1. The molecule has 0 saturated heterocycles. The van der Waals surface area contributed by atoms with Crippen molar-refractivity contribution in [3.8, 4) is 11.3 Å². The second kappa shape index (κ2) is 11.1. The number of amides is 1. The van der Waals surface area contributed by atoms with E-state index < -0.39 is 11.8 Å². The molecule has 0 bridgehead atoms. The number of anilines is 1. The summed E-state index contributed by atoms with van der Waals surface area (Å²) in [5, 5.41) is 16.0. The number of hydrogen-bond acceptors (Lipinski definition) is 6. The molecule has 0 radical (unpaired) electrons. The summed E-state index contributed by atoms with van der Waals surface area (Å²) in [6, 6.07) is 16.0. The van der Waals surface area contributed by atoms with Crippen LogP contribution in [0.4, 0.5) is 5.69 Å². The summed E-state index contributed by atoms with van der Waals surface area (Å²) in [6.07, 6.45) is 5.08. The quantitative estimate of drug-likeness (QED) is 0.353. The third kappa shape index (κ3) is 5.83. The lowest BCUT2D eigenvalue weighted by Crippen LogP contribution is -2.55. The molecule has 2 aromatic carbocycles. The fourth-order valence-corrected chi connectivity index (χ4v) is 4.50. The molecule has 4 rings (SSSR count). The molecular weight excluding hydrogens is 513 g/mol. The summed E-state index contributed by atoms with van der Waals surface area (Å²) in [5.74, 6) is -2.19. The van der Waals surface area contributed by atoms with E-state index in [9.17, 15) is 9.59 Å². The van der Waals surface area contributed by atoms with Gasteiger partial charge in [-0.1, -0.05) is 42.3 Å². The van der Waals surface area contributed by atoms with Crippen molar-refractivity contribution >= 4 is 47.0 Å². The van der Waals surface area contributed by atoms with Crippen LogP contribution in [-0.2, 0) is 11.3 Å². The zero-order valence-electron chi connectivity index (χ0n) is 20.2. The molecule has 10 heteroatoms. The normalized spacial score (nSPS) is 16.7. The van der Waals surface area contributed by atoms with E-state index in [4.69, 9.17) is 28.3 Å². The molecule has 0 saturated carbocycles. The van der Waals surface area contributed by atoms with Gasteiger partial charge in [0.2, 0.25) is 0 Å². The molecule has 1 amide bonds. The third-order valence-electron chi connectivity index (χ3n) is 6.11. The Labute approximate surface area is 224 Å². The maximum atomic E-state index is 13.0. The highest BCUT2D eigenvalue weighted by Crippen LogP contribution is 2.30. The van der Waals surface area contributed by atoms with E-state index in [1.54, 1.807) is 36.5 Å². The number of carbonyl (C=O) groups excluding carboxylic acids is 1. The minimum atomic E-state index is -1.05. The minimum Gasteiger partial charge on any atom is -0.478 e. The largest absolute Gasteiger partial charge is 0.478 e. The zero-order chi connectivity index (χ0) is 26.6. The number of carbonyl (C=O) groups is 2. The Bertz CT molecular complexity index is 1390. The number of aromatic nitrogens is 1. The van der Waals surface area contributed by atoms with E-state index in [1.807, 2.05) is 43.1 Å². The molecule has 1 atom stereocenters. The number of rotatable bonds is 8. The first-order chi connectivity index (χ1) is 17.7. The van der Waals surface area contributed by atoms with Crippen LogP contribution >= 0.6 is 23.2 Å². The van der Waals surface area contributed by atoms with Gasteiger partial charge in [0, 0.05) is 42.8 Å². The number of nitrogens with one attached hydrogen (secondary N) is 2. The van der Waals surface area contributed by atoms with Gasteiger partial charge in [0.15, 0.2) is 5.79 Å². The molecule has 1 unspecified atom stereocenters. The number of benzene rings is 2. The third-order valence-corrected chi connectivity index (χ3v) is 6.75. The van der Waals surface area contributed by atoms with E-state index in [2.05, 4.69) is 20.6 Å². The molecule has 2 heterocycles. The van der Waals surface area contributed by atoms with Crippen LogP contribution in [-0.4, -0.2) is 45.9 Å². The molecule has 3 N–H and O–H groups in total. The van der Waals surface area contributed by atoms with Gasteiger partial charge in [-0.15, -0.1) is 0 Å². The highest BCUT2D eigenvalue weighted by atomic mass is 35.5. The van der Waals surface area contributed by atoms with E-state index >= 15 is 0 Å². The Morgan fingerprint density at radius 2 is 1.92 bits per heavy atom. The molecule has 3 aromatic rings. The molecule has 37 heavy (non-hydrogen) atoms. The van der Waals surface area contributed by atoms with E-state index in [0.717, 1.165) is 5.56 Å². The topological polar surface area (TPSA) is 107 Å². The van der Waals surface area contributed by atoms with Crippen molar-refractivity contribution in [3.05, 3.63) is 93.7 Å². The highest BCUT2D eigenvalue weighted by Gasteiger charge is 2.33. The van der Waals surface area contributed by atoms with Gasteiger partial charge in [-0.25, -0.2) is 9.79 Å². The van der Waals surface area contributed by atoms with Crippen molar-refractivity contribution < 1.29 is 14.7 Å². The number of aliphatic carboxylic acids is 1. The Morgan fingerprint density at radius 1 is 1.11 bits per heavy atom. The van der Waals surface area contributed by atoms with Crippen LogP contribution < -0.4 is 10.6 Å². The minimum absolute atomic E-state index is 0.0868. The maximum absolute atomic E-state index is 13.0. The number of carboxylic acid groups (broad SMARTS) is 1. The summed E-state index contributed by atoms with van der Waals surface area (Å²) in [5.41, 5.74) is 3.25. The van der Waals surface area contributed by atoms with Gasteiger partial charge in [0.1, 0.15) is 0 Å². The van der Waals surface area contributed by atoms with Crippen molar-refractivity contribution in [2.75, 3.05) is 12.4 Å². The number of hydrogen-bond donors (Lipinski definition) is 3. The molecule has 0 aliphatic carbocycles. The van der Waals surface area contributed by atoms with Gasteiger partial charge in [-0.3, -0.25) is 14.7 Å². The van der Waals surface area contributed by atoms with Crippen LogP contribution in [0.1, 0.15) is 29.3 Å². The standard InChI is InChI=1S/C27H25Cl2N5O3/c1-3-27(31-14-18(15-32-27)26(36)37)34(2)16-17-7-9-20(23(29)12-17)25(35)33-19-8-10-22(28)21(13-19)24-6-4-5-11-30-24/h4-15,31H,3,16H2,1-2H3,(H,33,35)(H,36,37). The Morgan fingerprint density at radius 3 is 2.54 bits per heavy atom. The van der Waals surface area contributed by atoms with Crippen LogP contribution in [0.2, 0.25) is 10.0 Å². The number of aliphatic imine (C=N–C) groups is 1. The second-order valence-corrected chi connectivity index (χ2v) is 9.33. The van der Waals surface area contributed by atoms with Gasteiger partial charge in [-0.2, -0.15) is 0 Å². The summed E-state index contributed by atoms with van der Waals surface area (Å²) in [4.78, 5) is 34.9. The lowest BCUT2D eigenvalue weighted by atomic mass is 10.1. The monoisotopic (exact) mass is 537 g/mol. The van der Waals surface area contributed by atoms with Gasteiger partial charge < -0.3 is 15.7 Å². The maximum Gasteiger partial charge on any atom is 0.338 e. The zero-order valence-corrected chi connectivity index (χ0v) is 21.7. The molecule has 0 spiro atoms. The molecule has 1 aliphatic rings. The first-order valence-electron chi connectivity index (χ1n) is 11.5. The van der Waals surface area contributed by atoms with Crippen molar-refractivity contribution in [3.63, 3.8) is 0 Å². The Kier molecular flexibility index (Phi) is 7.92. The first-order valence-corrected chi connectivity index (χ1v) is 12.3. The lowest BCUT2D eigenvalue weighted by molar-refractivity contribution is -0.132. The van der Waals surface area contributed by atoms with Crippen LogP contribution in [0, 0.1) is 0 Å². The molecule has 0 fully saturated rings. The number of halogens is 2. The average molecular weight is 538 g/mol. The predicted molar refractivity (Wildman–Crippen MR) is 146 cm³/mol. The number of pyridine rings is 1. The Balaban J connectivity index is 1.47. The van der Waals surface area contributed by atoms with E-state index in [1.165, 1.54) is 12.4 Å². The fourth-order valence-electron chi connectivity index (χ4n) is 4.00. The highest BCUT2D eigenvalue weighted by molar-refractivity contribution is 6.35. The fraction of sp³-hybridized carbons (Fsp3) is 0.185. The van der Waals surface area contributed by atoms with Gasteiger partial charge in [0.05, 0.1) is 26.9 Å². The van der Waals surface area contributed by atoms with E-state index in [-0.39, 0.29) is 11.5 Å². The molecule has 1 aromatic heterocycles. The van der Waals surface area contributed by atoms with Crippen molar-refractivity contribution in [2.45, 2.75) is 25.7 Å². The number of nitrogens with zero attached hydrogens (tertiary/aromatic N) is 3. The first kappa shape index (κ1) is 26.3. The molecule has 1 aliphatic heterocycles. The van der Waals surface area contributed by atoms with Crippen molar-refractivity contribution in [2.24, 2.45) is 4.99 Å². The van der Waals surface area contributed by atoms with Crippen LogP contribution in [0.15, 0.2) is 77.6 Å². The lowest BCUT2D eigenvalue weighted by Gasteiger charge is -2.39.